The average molecular weight is 143 g/mol. The van der Waals surface area contributed by atoms with Gasteiger partial charge in [-0.25, -0.2) is 5.32 Å². The Morgan fingerprint density at radius 3 is 2.90 bits per heavy atom. The van der Waals surface area contributed by atoms with Crippen LogP contribution in [0, 0.1) is 0 Å². The topological polar surface area (TPSA) is 26.6 Å². The van der Waals surface area contributed by atoms with Crippen molar-refractivity contribution in [3.05, 3.63) is 0 Å². The Morgan fingerprint density at radius 2 is 2.40 bits per heavy atom. The molecule has 1 atom stereocenters. The highest BCUT2D eigenvalue weighted by Gasteiger charge is 2.13. The van der Waals surface area contributed by atoms with Gasteiger partial charge in [0.25, 0.3) is 0 Å². The molecule has 3 nitrogen and oxygen atoms in total. The van der Waals surface area contributed by atoms with Gasteiger partial charge in [-0.05, 0) is 20.5 Å². The van der Waals surface area contributed by atoms with Gasteiger partial charge in [-0.1, -0.05) is 0 Å². The van der Waals surface area contributed by atoms with E-state index in [1.807, 2.05) is 0 Å². The van der Waals surface area contributed by atoms with Gasteiger partial charge in [0.1, 0.15) is 6.73 Å². The summed E-state index contributed by atoms with van der Waals surface area (Å²) in [6, 6.07) is 0. The van der Waals surface area contributed by atoms with Crippen molar-refractivity contribution in [2.24, 2.45) is 0 Å². The van der Waals surface area contributed by atoms with Gasteiger partial charge in [0.05, 0.1) is 6.10 Å². The Balaban J connectivity index is 2.13. The molecule has 0 aromatic rings. The van der Waals surface area contributed by atoms with Crippen molar-refractivity contribution >= 4 is 0 Å². The zero-order valence-corrected chi connectivity index (χ0v) is 6.71. The molecule has 1 heterocycles. The number of ether oxygens (including phenoxy) is 1. The van der Waals surface area contributed by atoms with E-state index in [1.165, 1.54) is 0 Å². The first-order chi connectivity index (χ1) is 4.79. The first-order valence-electron chi connectivity index (χ1n) is 3.68. The van der Waals surface area contributed by atoms with E-state index in [0.717, 1.165) is 19.5 Å². The Labute approximate surface area is 62.3 Å². The lowest BCUT2D eigenvalue weighted by molar-refractivity contribution is -0.00768. The molecule has 1 aliphatic heterocycles. The van der Waals surface area contributed by atoms with Crippen molar-refractivity contribution in [2.45, 2.75) is 12.5 Å². The van der Waals surface area contributed by atoms with E-state index in [2.05, 4.69) is 24.3 Å². The third-order valence-corrected chi connectivity index (χ3v) is 1.58. The summed E-state index contributed by atoms with van der Waals surface area (Å²) >= 11 is 0. The third-order valence-electron chi connectivity index (χ3n) is 1.58. The summed E-state index contributed by atoms with van der Waals surface area (Å²) in [7, 11) is 4.13. The summed E-state index contributed by atoms with van der Waals surface area (Å²) in [5.41, 5.74) is 0. The van der Waals surface area contributed by atoms with Crippen LogP contribution in [0.2, 0.25) is 0 Å². The molecule has 59 valence electrons. The molecule has 0 spiro atoms. The third kappa shape index (κ3) is 2.64. The summed E-state index contributed by atoms with van der Waals surface area (Å²) in [5, 5.41) is 4.09. The number of nitrogens with zero attached hydrogens (tertiary/aromatic N) is 2. The molecule has 0 amide bonds. The van der Waals surface area contributed by atoms with Gasteiger partial charge in [-0.15, -0.1) is 0 Å². The molecule has 0 aliphatic carbocycles. The smallest absolute Gasteiger partial charge is 0.112 e. The van der Waals surface area contributed by atoms with Crippen molar-refractivity contribution in [2.75, 3.05) is 33.9 Å². The summed E-state index contributed by atoms with van der Waals surface area (Å²) in [5.74, 6) is 0. The Bertz CT molecular complexity index is 89.6. The van der Waals surface area contributed by atoms with E-state index in [0.29, 0.717) is 12.8 Å². The molecular weight excluding hydrogens is 128 g/mol. The minimum Gasteiger partial charge on any atom is -0.360 e. The lowest BCUT2D eigenvalue weighted by atomic mass is 10.2. The van der Waals surface area contributed by atoms with Gasteiger partial charge in [0.15, 0.2) is 0 Å². The fourth-order valence-electron chi connectivity index (χ4n) is 1.09. The van der Waals surface area contributed by atoms with Crippen LogP contribution in [0.4, 0.5) is 0 Å². The zero-order valence-electron chi connectivity index (χ0n) is 6.71. The minimum absolute atomic E-state index is 0.410. The van der Waals surface area contributed by atoms with Crippen LogP contribution in [0.3, 0.4) is 0 Å². The molecule has 1 aliphatic rings. The van der Waals surface area contributed by atoms with Crippen molar-refractivity contribution < 1.29 is 4.74 Å². The second-order valence-electron chi connectivity index (χ2n) is 2.92. The van der Waals surface area contributed by atoms with Crippen molar-refractivity contribution in [1.82, 2.24) is 10.2 Å². The second-order valence-corrected chi connectivity index (χ2v) is 2.92. The van der Waals surface area contributed by atoms with Gasteiger partial charge in [0.2, 0.25) is 0 Å². The molecule has 3 heteroatoms. The molecule has 0 aromatic heterocycles. The van der Waals surface area contributed by atoms with Crippen LogP contribution in [0.1, 0.15) is 6.42 Å². The molecule has 1 fully saturated rings. The first kappa shape index (κ1) is 7.98. The molecule has 0 bridgehead atoms. The largest absolute Gasteiger partial charge is 0.360 e. The van der Waals surface area contributed by atoms with Crippen LogP contribution in [-0.4, -0.2) is 44.9 Å². The van der Waals surface area contributed by atoms with Crippen LogP contribution in [-0.2, 0) is 4.74 Å². The van der Waals surface area contributed by atoms with E-state index >= 15 is 0 Å². The molecule has 1 radical (unpaired) electrons. The molecule has 0 N–H and O–H groups in total. The van der Waals surface area contributed by atoms with Crippen molar-refractivity contribution in [3.63, 3.8) is 0 Å². The summed E-state index contributed by atoms with van der Waals surface area (Å²) in [6.45, 7) is 2.59. The molecule has 0 aromatic carbocycles. The second kappa shape index (κ2) is 3.91. The fourth-order valence-corrected chi connectivity index (χ4v) is 1.09. The average Bonchev–Trinajstić information content (AvgIpc) is 1.88. The van der Waals surface area contributed by atoms with E-state index in [4.69, 9.17) is 4.74 Å². The lowest BCUT2D eigenvalue weighted by Crippen LogP contribution is -2.36. The number of likely N-dealkylation sites (N-methyl/N-ethyl adjacent to an activating group) is 1. The number of hydrogen-bond donors (Lipinski definition) is 0. The van der Waals surface area contributed by atoms with Crippen LogP contribution in [0.15, 0.2) is 0 Å². The molecule has 10 heavy (non-hydrogen) atoms. The monoisotopic (exact) mass is 143 g/mol. The number of rotatable bonds is 2. The van der Waals surface area contributed by atoms with E-state index in [-0.39, 0.29) is 0 Å². The van der Waals surface area contributed by atoms with Gasteiger partial charge in [-0.2, -0.15) is 0 Å². The van der Waals surface area contributed by atoms with Crippen molar-refractivity contribution in [1.29, 1.82) is 0 Å². The maximum atomic E-state index is 5.38. The Morgan fingerprint density at radius 1 is 1.60 bits per heavy atom. The molecular formula is C7H15N2O. The SMILES string of the molecule is CN(C)CC1CC[N]CO1. The minimum atomic E-state index is 0.410. The zero-order chi connectivity index (χ0) is 7.40. The quantitative estimate of drug-likeness (QED) is 0.539. The molecule has 1 saturated heterocycles. The molecule has 0 saturated carbocycles. The first-order valence-corrected chi connectivity index (χ1v) is 3.68. The van der Waals surface area contributed by atoms with Gasteiger partial charge >= 0.3 is 0 Å². The predicted molar refractivity (Wildman–Crippen MR) is 39.9 cm³/mol. The Hall–Kier alpha value is -0.120. The van der Waals surface area contributed by atoms with Crippen LogP contribution < -0.4 is 5.32 Å². The van der Waals surface area contributed by atoms with Gasteiger partial charge in [0, 0.05) is 13.1 Å². The van der Waals surface area contributed by atoms with E-state index in [9.17, 15) is 0 Å². The molecule has 1 rings (SSSR count). The number of hydrogen-bond acceptors (Lipinski definition) is 2. The molecule has 1 unspecified atom stereocenters. The van der Waals surface area contributed by atoms with E-state index < -0.39 is 0 Å². The van der Waals surface area contributed by atoms with Crippen molar-refractivity contribution in [3.8, 4) is 0 Å². The lowest BCUT2D eigenvalue weighted by Gasteiger charge is -2.24. The standard InChI is InChI=1S/C7H15N2O/c1-9(2)5-7-3-4-8-6-10-7/h7H,3-6H2,1-2H3. The Kier molecular flexibility index (Phi) is 3.12. The van der Waals surface area contributed by atoms with Crippen LogP contribution in [0.25, 0.3) is 0 Å². The maximum Gasteiger partial charge on any atom is 0.112 e. The normalized spacial score (nSPS) is 27.3. The highest BCUT2D eigenvalue weighted by molar-refractivity contribution is 4.65. The summed E-state index contributed by atoms with van der Waals surface area (Å²) < 4.78 is 5.38. The van der Waals surface area contributed by atoms with Crippen LogP contribution in [0.5, 0.6) is 0 Å². The van der Waals surface area contributed by atoms with Gasteiger partial charge in [-0.3, -0.25) is 0 Å². The maximum absolute atomic E-state index is 5.38. The highest BCUT2D eigenvalue weighted by Crippen LogP contribution is 2.03. The fraction of sp³-hybridized carbons (Fsp3) is 1.00. The summed E-state index contributed by atoms with van der Waals surface area (Å²) in [4.78, 5) is 2.15. The van der Waals surface area contributed by atoms with E-state index in [1.54, 1.807) is 0 Å². The van der Waals surface area contributed by atoms with Gasteiger partial charge < -0.3 is 9.64 Å². The van der Waals surface area contributed by atoms with Crippen LogP contribution >= 0.6 is 0 Å². The highest BCUT2D eigenvalue weighted by atomic mass is 16.5. The predicted octanol–water partition coefficient (Wildman–Crippen LogP) is -0.101. The summed E-state index contributed by atoms with van der Waals surface area (Å²) in [6.07, 6.45) is 1.49.